The van der Waals surface area contributed by atoms with Gasteiger partial charge in [0.15, 0.2) is 12.6 Å². The fourth-order valence-electron chi connectivity index (χ4n) is 7.46. The average molecular weight is 641 g/mol. The maximum absolute atomic E-state index is 10.8. The minimum absolute atomic E-state index is 0.0987. The van der Waals surface area contributed by atoms with Gasteiger partial charge in [-0.3, -0.25) is 0 Å². The maximum Gasteiger partial charge on any atom is 0.186 e. The summed E-state index contributed by atoms with van der Waals surface area (Å²) in [5, 5.41) is 104. The molecule has 5 fully saturated rings. The van der Waals surface area contributed by atoms with E-state index < -0.39 is 129 Å². The molecular weight excluding hydrogens is 592 g/mol. The first-order valence-corrected chi connectivity index (χ1v) is 15.4. The van der Waals surface area contributed by atoms with Crippen molar-refractivity contribution in [2.45, 2.75) is 149 Å². The van der Waals surface area contributed by atoms with Crippen molar-refractivity contribution in [3.8, 4) is 0 Å². The Bertz CT molecular complexity index is 928. The zero-order valence-corrected chi connectivity index (χ0v) is 24.7. The molecule has 10 unspecified atom stereocenters. The zero-order chi connectivity index (χ0) is 32.0. The molecular formula is C28H48O16. The molecule has 256 valence electrons. The minimum Gasteiger partial charge on any atom is -0.394 e. The molecule has 3 aliphatic heterocycles. The van der Waals surface area contributed by atoms with Crippen molar-refractivity contribution in [2.75, 3.05) is 13.7 Å². The molecule has 0 amide bonds. The Morgan fingerprint density at radius 1 is 0.614 bits per heavy atom. The van der Waals surface area contributed by atoms with E-state index in [1.807, 2.05) is 0 Å². The van der Waals surface area contributed by atoms with Crippen LogP contribution in [0.4, 0.5) is 0 Å². The van der Waals surface area contributed by atoms with Crippen LogP contribution in [0.15, 0.2) is 0 Å². The fourth-order valence-corrected chi connectivity index (χ4v) is 7.46. The van der Waals surface area contributed by atoms with E-state index in [-0.39, 0.29) is 25.7 Å². The first-order valence-electron chi connectivity index (χ1n) is 15.4. The van der Waals surface area contributed by atoms with Crippen molar-refractivity contribution in [2.24, 2.45) is 11.8 Å². The lowest BCUT2D eigenvalue weighted by molar-refractivity contribution is -0.342. The third kappa shape index (κ3) is 6.82. The first-order chi connectivity index (χ1) is 20.8. The average Bonchev–Trinajstić information content (AvgIpc) is 3.00. The highest BCUT2D eigenvalue weighted by atomic mass is 16.7. The molecule has 0 spiro atoms. The van der Waals surface area contributed by atoms with Crippen LogP contribution < -0.4 is 0 Å². The number of aliphatic hydroxyl groups excluding tert-OH is 10. The van der Waals surface area contributed by atoms with E-state index in [4.69, 9.17) is 28.4 Å². The van der Waals surface area contributed by atoms with Crippen LogP contribution in [0.1, 0.15) is 39.0 Å². The highest BCUT2D eigenvalue weighted by Gasteiger charge is 2.54. The van der Waals surface area contributed by atoms with Crippen molar-refractivity contribution in [1.29, 1.82) is 0 Å². The Balaban J connectivity index is 1.40. The zero-order valence-electron chi connectivity index (χ0n) is 24.7. The van der Waals surface area contributed by atoms with Gasteiger partial charge in [-0.05, 0) is 38.5 Å². The monoisotopic (exact) mass is 640 g/mol. The lowest BCUT2D eigenvalue weighted by Crippen LogP contribution is -2.63. The smallest absolute Gasteiger partial charge is 0.186 e. The van der Waals surface area contributed by atoms with Crippen LogP contribution >= 0.6 is 0 Å². The number of fused-ring (bicyclic) bond motifs is 1. The fraction of sp³-hybridized carbons (Fsp3) is 1.00. The Kier molecular flexibility index (Phi) is 11.2. The van der Waals surface area contributed by atoms with Crippen LogP contribution in [0.5, 0.6) is 0 Å². The Morgan fingerprint density at radius 3 is 1.91 bits per heavy atom. The van der Waals surface area contributed by atoms with Crippen LogP contribution in [0.2, 0.25) is 0 Å². The normalized spacial score (nSPS) is 55.4. The van der Waals surface area contributed by atoms with Gasteiger partial charge in [0.1, 0.15) is 48.8 Å². The van der Waals surface area contributed by atoms with E-state index in [9.17, 15) is 51.1 Å². The highest BCUT2D eigenvalue weighted by Crippen LogP contribution is 2.45. The van der Waals surface area contributed by atoms with Gasteiger partial charge in [-0.1, -0.05) is 0 Å². The van der Waals surface area contributed by atoms with Gasteiger partial charge in [0.2, 0.25) is 0 Å². The third-order valence-electron chi connectivity index (χ3n) is 10.1. The van der Waals surface area contributed by atoms with E-state index in [2.05, 4.69) is 0 Å². The lowest BCUT2D eigenvalue weighted by atomic mass is 9.72. The minimum atomic E-state index is -1.66. The standard InChI is InChI=1S/C28H48O16/c1-9-19(32)22(35)24(37)27(40-9)43-17-7-12-14(41-26(17)10-3-13(31)20(33)16(4-10)39-2)5-11(30)6-15(12)42-28-25(38)23(36)21(34)18(8-29)44-28/h9-38H,3-8H2,1-2H3/t9-,10?,11?,12?,13?,14?,15?,16?,17?,18+,19-,20?,21+,22+,23-,24+,25+,26?,27-,28+/m0/s1. The quantitative estimate of drug-likeness (QED) is 0.126. The number of ether oxygens (including phenoxy) is 6. The Morgan fingerprint density at radius 2 is 1.25 bits per heavy atom. The van der Waals surface area contributed by atoms with Crippen LogP contribution in [-0.2, 0) is 28.4 Å². The number of methoxy groups -OCH3 is 1. The summed E-state index contributed by atoms with van der Waals surface area (Å²) < 4.78 is 35.6. The Labute approximate surface area is 254 Å². The molecule has 20 atom stereocenters. The number of rotatable bonds is 7. The molecule has 16 heteroatoms. The SMILES string of the molecule is COC1CC(C2OC3CC(O)CC(O[C@@H]4O[C@H](CO)[C@@H](O)[C@H](O)[C@H]4O)C3CC2O[C@@H]2O[C@@H](C)[C@H](O)[C@@H](O)[C@H]2O)CC(O)C1O. The molecule has 10 N–H and O–H groups in total. The predicted molar refractivity (Wildman–Crippen MR) is 143 cm³/mol. The summed E-state index contributed by atoms with van der Waals surface area (Å²) in [6.45, 7) is 0.883. The first kappa shape index (κ1) is 34.7. The van der Waals surface area contributed by atoms with Gasteiger partial charge in [-0.2, -0.15) is 0 Å². The van der Waals surface area contributed by atoms with Crippen LogP contribution in [0.25, 0.3) is 0 Å². The maximum atomic E-state index is 10.8. The second-order valence-electron chi connectivity index (χ2n) is 13.0. The summed E-state index contributed by atoms with van der Waals surface area (Å²) in [7, 11) is 1.42. The predicted octanol–water partition coefficient (Wildman–Crippen LogP) is -4.54. The number of hydrogen-bond acceptors (Lipinski definition) is 16. The van der Waals surface area contributed by atoms with E-state index in [0.717, 1.165) is 0 Å². The summed E-state index contributed by atoms with van der Waals surface area (Å²) in [5.74, 6) is -0.889. The van der Waals surface area contributed by atoms with E-state index in [0.29, 0.717) is 6.42 Å². The van der Waals surface area contributed by atoms with Gasteiger partial charge >= 0.3 is 0 Å². The van der Waals surface area contributed by atoms with E-state index in [1.54, 1.807) is 0 Å². The van der Waals surface area contributed by atoms with Gasteiger partial charge in [-0.15, -0.1) is 0 Å². The molecule has 0 aromatic carbocycles. The summed E-state index contributed by atoms with van der Waals surface area (Å²) in [4.78, 5) is 0. The Hall–Kier alpha value is -0.640. The molecule has 44 heavy (non-hydrogen) atoms. The molecule has 3 saturated heterocycles. The molecule has 3 heterocycles. The van der Waals surface area contributed by atoms with Crippen LogP contribution in [0.3, 0.4) is 0 Å². The molecule has 5 aliphatic rings. The number of hydrogen-bond donors (Lipinski definition) is 10. The second kappa shape index (κ2) is 14.2. The van der Waals surface area contributed by atoms with Gasteiger partial charge in [0.25, 0.3) is 0 Å². The molecule has 0 aromatic heterocycles. The second-order valence-corrected chi connectivity index (χ2v) is 13.0. The van der Waals surface area contributed by atoms with E-state index >= 15 is 0 Å². The van der Waals surface area contributed by atoms with Crippen molar-refractivity contribution in [3.63, 3.8) is 0 Å². The molecule has 5 rings (SSSR count). The largest absolute Gasteiger partial charge is 0.394 e. The van der Waals surface area contributed by atoms with Crippen molar-refractivity contribution in [1.82, 2.24) is 0 Å². The number of aliphatic hydroxyl groups is 10. The molecule has 16 nitrogen and oxygen atoms in total. The molecule has 0 aromatic rings. The molecule has 0 bridgehead atoms. The van der Waals surface area contributed by atoms with Crippen molar-refractivity contribution in [3.05, 3.63) is 0 Å². The van der Waals surface area contributed by atoms with Crippen molar-refractivity contribution >= 4 is 0 Å². The van der Waals surface area contributed by atoms with Gasteiger partial charge in [0.05, 0.1) is 55.4 Å². The topological polar surface area (TPSA) is 258 Å². The lowest BCUT2D eigenvalue weighted by Gasteiger charge is -2.53. The molecule has 2 saturated carbocycles. The summed E-state index contributed by atoms with van der Waals surface area (Å²) in [6, 6.07) is 0. The van der Waals surface area contributed by atoms with Gasteiger partial charge < -0.3 is 79.5 Å². The molecule has 0 radical (unpaired) electrons. The van der Waals surface area contributed by atoms with Gasteiger partial charge in [-0.25, -0.2) is 0 Å². The summed E-state index contributed by atoms with van der Waals surface area (Å²) in [6.07, 6.45) is -20.1. The summed E-state index contributed by atoms with van der Waals surface area (Å²) in [5.41, 5.74) is 0. The summed E-state index contributed by atoms with van der Waals surface area (Å²) >= 11 is 0. The van der Waals surface area contributed by atoms with Crippen molar-refractivity contribution < 1.29 is 79.5 Å². The van der Waals surface area contributed by atoms with E-state index in [1.165, 1.54) is 14.0 Å². The van der Waals surface area contributed by atoms with Gasteiger partial charge in [0, 0.05) is 19.4 Å². The van der Waals surface area contributed by atoms with Crippen LogP contribution in [-0.4, -0.2) is 175 Å². The van der Waals surface area contributed by atoms with Crippen LogP contribution in [0, 0.1) is 11.8 Å². The third-order valence-corrected chi connectivity index (χ3v) is 10.1. The molecule has 2 aliphatic carbocycles. The highest BCUT2D eigenvalue weighted by molar-refractivity contribution is 5.01.